The summed E-state index contributed by atoms with van der Waals surface area (Å²) in [6, 6.07) is 6.32. The van der Waals surface area contributed by atoms with Crippen LogP contribution in [-0.2, 0) is 38.3 Å². The van der Waals surface area contributed by atoms with Crippen LogP contribution in [0.5, 0.6) is 0 Å². The van der Waals surface area contributed by atoms with Crippen molar-refractivity contribution in [3.63, 3.8) is 0 Å². The van der Waals surface area contributed by atoms with Crippen LogP contribution in [0.4, 0.5) is 26.3 Å². The monoisotopic (exact) mass is 777 g/mol. The summed E-state index contributed by atoms with van der Waals surface area (Å²) in [6.45, 7) is 8.05. The molecular formula is C38H43Cl2F6NO5. The Kier molecular flexibility index (Phi) is 16.5. The van der Waals surface area contributed by atoms with Crippen LogP contribution in [0.15, 0.2) is 84.5 Å². The van der Waals surface area contributed by atoms with Crippen molar-refractivity contribution in [3.8, 4) is 0 Å². The van der Waals surface area contributed by atoms with E-state index < -0.39 is 47.6 Å². The zero-order valence-corrected chi connectivity index (χ0v) is 30.5. The van der Waals surface area contributed by atoms with Gasteiger partial charge >= 0.3 is 18.3 Å². The Labute approximate surface area is 310 Å². The summed E-state index contributed by atoms with van der Waals surface area (Å²) in [5.41, 5.74) is -1.82. The highest BCUT2D eigenvalue weighted by molar-refractivity contribution is 6.42. The number of carbonyl (C=O) groups is 1. The van der Waals surface area contributed by atoms with Gasteiger partial charge in [-0.05, 0) is 91.3 Å². The molecule has 1 heterocycles. The number of ether oxygens (including phenoxy) is 1. The Balaban J connectivity index is 0.00000358. The van der Waals surface area contributed by atoms with Crippen LogP contribution in [-0.4, -0.2) is 54.4 Å². The second kappa shape index (κ2) is 19.8. The van der Waals surface area contributed by atoms with Crippen LogP contribution in [0.3, 0.4) is 0 Å². The van der Waals surface area contributed by atoms with Gasteiger partial charge in [0.05, 0.1) is 40.0 Å². The van der Waals surface area contributed by atoms with E-state index >= 15 is 0 Å². The molecule has 0 radical (unpaired) electrons. The molecule has 0 spiro atoms. The van der Waals surface area contributed by atoms with Gasteiger partial charge < -0.3 is 14.7 Å². The molecule has 6 nitrogen and oxygen atoms in total. The molecule has 286 valence electrons. The van der Waals surface area contributed by atoms with Gasteiger partial charge in [0.1, 0.15) is 6.61 Å². The average molecular weight is 779 g/mol. The fourth-order valence-corrected chi connectivity index (χ4v) is 6.33. The Morgan fingerprint density at radius 3 is 2.23 bits per heavy atom. The minimum absolute atomic E-state index is 0.0571. The Morgan fingerprint density at radius 2 is 1.67 bits per heavy atom. The number of hydrogen-bond acceptors (Lipinski definition) is 6. The van der Waals surface area contributed by atoms with E-state index in [1.165, 1.54) is 0 Å². The van der Waals surface area contributed by atoms with Crippen LogP contribution in [0.25, 0.3) is 0 Å². The summed E-state index contributed by atoms with van der Waals surface area (Å²) >= 11 is 12.6. The normalized spacial score (nSPS) is 17.1. The van der Waals surface area contributed by atoms with E-state index in [0.717, 1.165) is 24.5 Å². The third kappa shape index (κ3) is 12.8. The summed E-state index contributed by atoms with van der Waals surface area (Å²) in [5.74, 6) is -1.28. The smallest absolute Gasteiger partial charge is 0.385 e. The van der Waals surface area contributed by atoms with Crippen molar-refractivity contribution in [1.29, 1.82) is 0 Å². The number of rotatable bonds is 14. The molecule has 0 bridgehead atoms. The number of hydrogen-bond donors (Lipinski definition) is 1. The molecule has 1 unspecified atom stereocenters. The van der Waals surface area contributed by atoms with E-state index in [2.05, 4.69) is 22.4 Å². The topological polar surface area (TPSA) is 68.2 Å². The lowest BCUT2D eigenvalue weighted by Gasteiger charge is -2.40. The molecule has 1 saturated heterocycles. The minimum atomic E-state index is -5.01. The first-order valence-electron chi connectivity index (χ1n) is 16.9. The molecule has 1 N–H and O–H groups in total. The fraction of sp³-hybridized carbons (Fsp3) is 0.447. The van der Waals surface area contributed by atoms with Gasteiger partial charge in [0.15, 0.2) is 0 Å². The fourth-order valence-electron chi connectivity index (χ4n) is 6.02. The van der Waals surface area contributed by atoms with Crippen molar-refractivity contribution in [2.24, 2.45) is 0 Å². The quantitative estimate of drug-likeness (QED) is 0.0515. The molecule has 0 saturated carbocycles. The highest BCUT2D eigenvalue weighted by atomic mass is 35.5. The van der Waals surface area contributed by atoms with Crippen LogP contribution in [0.1, 0.15) is 74.1 Å². The standard InChI is InChI=1S/C36H37Cl2F6NO5.C2H6/c1-2-33(46)50-49-17-11-26(23-48-22-24-18-28(35(39,40)41)21-29(19-24)36(42,43)44)30(25-8-9-31(37)32(38)20-25)10-14-45-15-12-34(47,13-16-45)27-6-4-3-5-7-27;1-2/h2-4,6,8-9,11,18-21,30,47H,1,5,7,10,12-17,22-23H2;1-2H3/b26-11+;. The van der Waals surface area contributed by atoms with Gasteiger partial charge in [-0.3, -0.25) is 4.89 Å². The van der Waals surface area contributed by atoms with E-state index in [-0.39, 0.29) is 29.9 Å². The SMILES string of the molecule is C=CC(=O)OOC/C=C(\COCc1cc(C(F)(F)F)cc(C(F)(F)F)c1)C(CCN1CCC(O)(C2=CC=CCC2)CC1)c1ccc(Cl)c(Cl)c1.CC. The maximum atomic E-state index is 13.5. The summed E-state index contributed by atoms with van der Waals surface area (Å²) in [7, 11) is 0. The van der Waals surface area contributed by atoms with Gasteiger partial charge in [-0.2, -0.15) is 31.2 Å². The number of aliphatic hydroxyl groups is 1. The van der Waals surface area contributed by atoms with E-state index in [9.17, 15) is 36.2 Å². The van der Waals surface area contributed by atoms with Gasteiger partial charge in [-0.15, -0.1) is 0 Å². The average Bonchev–Trinajstić information content (AvgIpc) is 3.12. The number of halogens is 8. The number of nitrogens with zero attached hydrogens (tertiary/aromatic N) is 1. The van der Waals surface area contributed by atoms with Crippen LogP contribution >= 0.6 is 23.2 Å². The van der Waals surface area contributed by atoms with Crippen LogP contribution in [0.2, 0.25) is 10.0 Å². The van der Waals surface area contributed by atoms with Gasteiger partial charge in [-0.1, -0.05) is 74.0 Å². The van der Waals surface area contributed by atoms with Gasteiger partial charge in [0.25, 0.3) is 0 Å². The number of carbonyl (C=O) groups excluding carboxylic acids is 1. The molecule has 1 atom stereocenters. The molecule has 2 aromatic rings. The van der Waals surface area contributed by atoms with Crippen LogP contribution < -0.4 is 0 Å². The lowest BCUT2D eigenvalue weighted by Crippen LogP contribution is -2.46. The molecule has 2 aromatic carbocycles. The third-order valence-electron chi connectivity index (χ3n) is 8.73. The number of likely N-dealkylation sites (tertiary alicyclic amines) is 1. The molecule has 52 heavy (non-hydrogen) atoms. The van der Waals surface area contributed by atoms with E-state index in [0.29, 0.717) is 67.2 Å². The van der Waals surface area contributed by atoms with Gasteiger partial charge in [0, 0.05) is 25.1 Å². The summed E-state index contributed by atoms with van der Waals surface area (Å²) in [5, 5.41) is 11.9. The molecule has 1 aliphatic heterocycles. The number of allylic oxidation sites excluding steroid dienone is 3. The Morgan fingerprint density at radius 1 is 1.02 bits per heavy atom. The summed E-state index contributed by atoms with van der Waals surface area (Å²) in [4.78, 5) is 23.3. The molecule has 1 fully saturated rings. The van der Waals surface area contributed by atoms with Crippen molar-refractivity contribution in [3.05, 3.63) is 117 Å². The third-order valence-corrected chi connectivity index (χ3v) is 9.47. The number of alkyl halides is 6. The van der Waals surface area contributed by atoms with E-state index in [1.54, 1.807) is 24.3 Å². The predicted octanol–water partition coefficient (Wildman–Crippen LogP) is 10.4. The molecule has 4 rings (SSSR count). The first-order chi connectivity index (χ1) is 24.6. The summed E-state index contributed by atoms with van der Waals surface area (Å²) < 4.78 is 86.5. The zero-order valence-electron chi connectivity index (χ0n) is 29.0. The molecule has 0 amide bonds. The highest BCUT2D eigenvalue weighted by Crippen LogP contribution is 2.38. The van der Waals surface area contributed by atoms with Crippen molar-refractivity contribution in [2.45, 2.75) is 76.4 Å². The van der Waals surface area contributed by atoms with Crippen molar-refractivity contribution in [1.82, 2.24) is 4.90 Å². The molecule has 1 aliphatic carbocycles. The van der Waals surface area contributed by atoms with Crippen molar-refractivity contribution < 1.29 is 50.8 Å². The first kappa shape index (κ1) is 43.3. The molecule has 2 aliphatic rings. The Bertz CT molecular complexity index is 1560. The second-order valence-corrected chi connectivity index (χ2v) is 12.9. The molecule has 14 heteroatoms. The Hall–Kier alpha value is -3.13. The number of benzene rings is 2. The van der Waals surface area contributed by atoms with E-state index in [4.69, 9.17) is 32.8 Å². The summed E-state index contributed by atoms with van der Waals surface area (Å²) in [6.07, 6.45) is 1.73. The largest absolute Gasteiger partial charge is 0.416 e. The predicted molar refractivity (Wildman–Crippen MR) is 189 cm³/mol. The minimum Gasteiger partial charge on any atom is -0.385 e. The number of piperidine rings is 1. The highest BCUT2D eigenvalue weighted by Gasteiger charge is 2.37. The maximum absolute atomic E-state index is 13.5. The van der Waals surface area contributed by atoms with Gasteiger partial charge in [-0.25, -0.2) is 4.79 Å². The van der Waals surface area contributed by atoms with Crippen molar-refractivity contribution >= 4 is 29.2 Å². The van der Waals surface area contributed by atoms with Crippen LogP contribution in [0, 0.1) is 0 Å². The van der Waals surface area contributed by atoms with E-state index in [1.807, 2.05) is 26.0 Å². The second-order valence-electron chi connectivity index (χ2n) is 12.1. The molecular weight excluding hydrogens is 735 g/mol. The first-order valence-corrected chi connectivity index (χ1v) is 17.6. The lowest BCUT2D eigenvalue weighted by atomic mass is 9.80. The van der Waals surface area contributed by atoms with Crippen molar-refractivity contribution in [2.75, 3.05) is 32.8 Å². The molecule has 0 aromatic heterocycles. The lowest BCUT2D eigenvalue weighted by molar-refractivity contribution is -0.260. The zero-order chi connectivity index (χ0) is 38.5. The maximum Gasteiger partial charge on any atom is 0.416 e. The van der Waals surface area contributed by atoms with Gasteiger partial charge in [0.2, 0.25) is 0 Å².